The molecule has 1 aliphatic rings. The molecule has 0 saturated carbocycles. The Balaban J connectivity index is 2.26. The summed E-state index contributed by atoms with van der Waals surface area (Å²) in [5.41, 5.74) is 5.23. The van der Waals surface area contributed by atoms with Gasteiger partial charge < -0.3 is 15.7 Å². The van der Waals surface area contributed by atoms with Crippen LogP contribution in [-0.4, -0.2) is 65.8 Å². The first-order valence-electron chi connectivity index (χ1n) is 6.85. The van der Waals surface area contributed by atoms with Gasteiger partial charge in [-0.2, -0.15) is 0 Å². The summed E-state index contributed by atoms with van der Waals surface area (Å²) in [5, 5.41) is 9.71. The SMILES string of the molecule is CCC(CN)N1CCN(CCC(C)(C)O)CC1. The molecular weight excluding hydrogens is 214 g/mol. The van der Waals surface area contributed by atoms with E-state index in [4.69, 9.17) is 5.73 Å². The van der Waals surface area contributed by atoms with Crippen molar-refractivity contribution in [1.82, 2.24) is 9.80 Å². The normalized spacial score (nSPS) is 21.7. The van der Waals surface area contributed by atoms with Crippen LogP contribution in [0.4, 0.5) is 0 Å². The molecule has 0 radical (unpaired) electrons. The topological polar surface area (TPSA) is 52.7 Å². The zero-order valence-electron chi connectivity index (χ0n) is 11.7. The molecule has 0 spiro atoms. The molecule has 1 saturated heterocycles. The lowest BCUT2D eigenvalue weighted by molar-refractivity contribution is 0.0418. The molecule has 0 bridgehead atoms. The van der Waals surface area contributed by atoms with Crippen LogP contribution in [0, 0.1) is 0 Å². The van der Waals surface area contributed by atoms with Gasteiger partial charge in [-0.1, -0.05) is 6.92 Å². The van der Waals surface area contributed by atoms with Crippen molar-refractivity contribution in [2.45, 2.75) is 45.3 Å². The maximum Gasteiger partial charge on any atom is 0.0603 e. The number of hydrogen-bond acceptors (Lipinski definition) is 4. The monoisotopic (exact) mass is 243 g/mol. The minimum absolute atomic E-state index is 0.541. The molecule has 0 aliphatic carbocycles. The van der Waals surface area contributed by atoms with Crippen molar-refractivity contribution in [3.8, 4) is 0 Å². The third-order valence-electron chi connectivity index (χ3n) is 3.71. The zero-order chi connectivity index (χ0) is 12.9. The second kappa shape index (κ2) is 6.69. The Labute approximate surface area is 106 Å². The van der Waals surface area contributed by atoms with E-state index < -0.39 is 5.60 Å². The van der Waals surface area contributed by atoms with Crippen LogP contribution in [0.5, 0.6) is 0 Å². The summed E-state index contributed by atoms with van der Waals surface area (Å²) in [6.45, 7) is 12.2. The van der Waals surface area contributed by atoms with E-state index in [0.29, 0.717) is 6.04 Å². The van der Waals surface area contributed by atoms with Gasteiger partial charge in [-0.15, -0.1) is 0 Å². The van der Waals surface area contributed by atoms with Crippen LogP contribution in [0.1, 0.15) is 33.6 Å². The van der Waals surface area contributed by atoms with Crippen molar-refractivity contribution in [2.24, 2.45) is 5.73 Å². The van der Waals surface area contributed by atoms with Crippen LogP contribution in [0.3, 0.4) is 0 Å². The Hall–Kier alpha value is -0.160. The summed E-state index contributed by atoms with van der Waals surface area (Å²) in [6.07, 6.45) is 1.99. The highest BCUT2D eigenvalue weighted by Crippen LogP contribution is 2.12. The smallest absolute Gasteiger partial charge is 0.0603 e. The van der Waals surface area contributed by atoms with E-state index in [-0.39, 0.29) is 0 Å². The van der Waals surface area contributed by atoms with Gasteiger partial charge in [0.2, 0.25) is 0 Å². The van der Waals surface area contributed by atoms with Gasteiger partial charge in [-0.3, -0.25) is 4.90 Å². The van der Waals surface area contributed by atoms with E-state index >= 15 is 0 Å². The van der Waals surface area contributed by atoms with E-state index in [1.807, 2.05) is 13.8 Å². The Morgan fingerprint density at radius 1 is 1.24 bits per heavy atom. The summed E-state index contributed by atoms with van der Waals surface area (Å²) in [4.78, 5) is 4.94. The predicted octanol–water partition coefficient (Wildman–Crippen LogP) is 0.502. The summed E-state index contributed by atoms with van der Waals surface area (Å²) in [7, 11) is 0. The summed E-state index contributed by atoms with van der Waals surface area (Å²) < 4.78 is 0. The van der Waals surface area contributed by atoms with E-state index in [1.54, 1.807) is 0 Å². The number of aliphatic hydroxyl groups is 1. The molecule has 4 heteroatoms. The van der Waals surface area contributed by atoms with Crippen molar-refractivity contribution in [3.63, 3.8) is 0 Å². The molecule has 0 amide bonds. The van der Waals surface area contributed by atoms with Crippen LogP contribution in [-0.2, 0) is 0 Å². The number of piperazine rings is 1. The van der Waals surface area contributed by atoms with E-state index in [1.165, 1.54) is 0 Å². The predicted molar refractivity (Wildman–Crippen MR) is 72.1 cm³/mol. The van der Waals surface area contributed by atoms with Crippen molar-refractivity contribution < 1.29 is 5.11 Å². The van der Waals surface area contributed by atoms with Gasteiger partial charge >= 0.3 is 0 Å². The Morgan fingerprint density at radius 2 is 1.82 bits per heavy atom. The zero-order valence-corrected chi connectivity index (χ0v) is 11.7. The maximum absolute atomic E-state index is 9.71. The van der Waals surface area contributed by atoms with Crippen LogP contribution in [0.15, 0.2) is 0 Å². The quantitative estimate of drug-likeness (QED) is 0.713. The van der Waals surface area contributed by atoms with Gasteiger partial charge in [0, 0.05) is 45.3 Å². The second-order valence-electron chi connectivity index (χ2n) is 5.74. The van der Waals surface area contributed by atoms with Crippen LogP contribution >= 0.6 is 0 Å². The Kier molecular flexibility index (Phi) is 5.86. The fraction of sp³-hybridized carbons (Fsp3) is 1.00. The molecule has 1 atom stereocenters. The molecule has 3 N–H and O–H groups in total. The first-order chi connectivity index (χ1) is 7.96. The summed E-state index contributed by atoms with van der Waals surface area (Å²) in [5.74, 6) is 0. The highest BCUT2D eigenvalue weighted by molar-refractivity contribution is 4.79. The number of hydrogen-bond donors (Lipinski definition) is 2. The third-order valence-corrected chi connectivity index (χ3v) is 3.71. The van der Waals surface area contributed by atoms with Crippen LogP contribution in [0.2, 0.25) is 0 Å². The van der Waals surface area contributed by atoms with Gasteiger partial charge in [0.15, 0.2) is 0 Å². The van der Waals surface area contributed by atoms with Gasteiger partial charge in [0.25, 0.3) is 0 Å². The summed E-state index contributed by atoms with van der Waals surface area (Å²) in [6, 6.07) is 0.548. The minimum Gasteiger partial charge on any atom is -0.390 e. The highest BCUT2D eigenvalue weighted by atomic mass is 16.3. The van der Waals surface area contributed by atoms with Gasteiger partial charge in [0.1, 0.15) is 0 Å². The lowest BCUT2D eigenvalue weighted by Crippen LogP contribution is -2.52. The van der Waals surface area contributed by atoms with Crippen LogP contribution < -0.4 is 5.73 Å². The highest BCUT2D eigenvalue weighted by Gasteiger charge is 2.23. The molecule has 0 aromatic rings. The first-order valence-corrected chi connectivity index (χ1v) is 6.85. The number of nitrogens with zero attached hydrogens (tertiary/aromatic N) is 2. The Bertz CT molecular complexity index is 203. The fourth-order valence-electron chi connectivity index (χ4n) is 2.36. The molecule has 0 aromatic heterocycles. The van der Waals surface area contributed by atoms with Gasteiger partial charge in [0.05, 0.1) is 5.60 Å². The van der Waals surface area contributed by atoms with Crippen molar-refractivity contribution in [2.75, 3.05) is 39.3 Å². The van der Waals surface area contributed by atoms with Gasteiger partial charge in [-0.25, -0.2) is 0 Å². The average Bonchev–Trinajstić information content (AvgIpc) is 2.29. The van der Waals surface area contributed by atoms with Gasteiger partial charge in [-0.05, 0) is 26.7 Å². The number of nitrogens with two attached hydrogens (primary N) is 1. The standard InChI is InChI=1S/C13H29N3O/c1-4-12(11-14)16-9-7-15(8-10-16)6-5-13(2,3)17/h12,17H,4-11,14H2,1-3H3. The van der Waals surface area contributed by atoms with E-state index in [0.717, 1.165) is 52.1 Å². The minimum atomic E-state index is -0.541. The maximum atomic E-state index is 9.71. The van der Waals surface area contributed by atoms with Crippen molar-refractivity contribution >= 4 is 0 Å². The van der Waals surface area contributed by atoms with E-state index in [9.17, 15) is 5.11 Å². The molecule has 0 aromatic carbocycles. The largest absolute Gasteiger partial charge is 0.390 e. The average molecular weight is 243 g/mol. The molecule has 1 heterocycles. The molecule has 4 nitrogen and oxygen atoms in total. The molecule has 17 heavy (non-hydrogen) atoms. The molecule has 1 aliphatic heterocycles. The van der Waals surface area contributed by atoms with E-state index in [2.05, 4.69) is 16.7 Å². The molecule has 1 rings (SSSR count). The van der Waals surface area contributed by atoms with Crippen LogP contribution in [0.25, 0.3) is 0 Å². The van der Waals surface area contributed by atoms with Crippen molar-refractivity contribution in [1.29, 1.82) is 0 Å². The molecule has 102 valence electrons. The summed E-state index contributed by atoms with van der Waals surface area (Å²) >= 11 is 0. The second-order valence-corrected chi connectivity index (χ2v) is 5.74. The number of rotatable bonds is 6. The molecular formula is C13H29N3O. The van der Waals surface area contributed by atoms with Crippen molar-refractivity contribution in [3.05, 3.63) is 0 Å². The Morgan fingerprint density at radius 3 is 2.24 bits per heavy atom. The third kappa shape index (κ3) is 5.34. The lowest BCUT2D eigenvalue weighted by atomic mass is 10.1. The lowest BCUT2D eigenvalue weighted by Gasteiger charge is -2.39. The first kappa shape index (κ1) is 14.9. The molecule has 1 fully saturated rings. The fourth-order valence-corrected chi connectivity index (χ4v) is 2.36. The molecule has 1 unspecified atom stereocenters.